The number of carbonyl (C=O) groups excluding carboxylic acids is 1. The summed E-state index contributed by atoms with van der Waals surface area (Å²) in [5.41, 5.74) is 6.23. The van der Waals surface area contributed by atoms with Gasteiger partial charge in [0, 0.05) is 18.2 Å². The minimum absolute atomic E-state index is 0.0837. The van der Waals surface area contributed by atoms with Gasteiger partial charge in [-0.05, 0) is 45.2 Å². The van der Waals surface area contributed by atoms with Crippen molar-refractivity contribution >= 4 is 11.6 Å². The molecule has 0 aromatic heterocycles. The molecule has 1 saturated heterocycles. The van der Waals surface area contributed by atoms with E-state index in [9.17, 15) is 14.9 Å². The van der Waals surface area contributed by atoms with Crippen molar-refractivity contribution in [1.82, 2.24) is 4.90 Å². The van der Waals surface area contributed by atoms with Crippen LogP contribution in [0, 0.1) is 17.0 Å². The van der Waals surface area contributed by atoms with Gasteiger partial charge in [-0.3, -0.25) is 14.9 Å². The molecule has 1 aromatic carbocycles. The quantitative estimate of drug-likeness (QED) is 0.680. The van der Waals surface area contributed by atoms with E-state index in [1.54, 1.807) is 30.0 Å². The molecular weight excluding hydrogens is 270 g/mol. The third-order valence-corrected chi connectivity index (χ3v) is 4.04. The van der Waals surface area contributed by atoms with Crippen LogP contribution in [0.2, 0.25) is 0 Å². The summed E-state index contributed by atoms with van der Waals surface area (Å²) in [6.07, 6.45) is 3.67. The fourth-order valence-corrected chi connectivity index (χ4v) is 2.99. The van der Waals surface area contributed by atoms with Crippen molar-refractivity contribution < 1.29 is 9.72 Å². The number of aryl methyl sites for hydroxylation is 1. The number of amides is 1. The fourth-order valence-electron chi connectivity index (χ4n) is 2.99. The normalized spacial score (nSPS) is 18.6. The van der Waals surface area contributed by atoms with E-state index in [0.717, 1.165) is 25.7 Å². The molecule has 2 rings (SSSR count). The first-order valence-corrected chi connectivity index (χ1v) is 7.31. The van der Waals surface area contributed by atoms with Crippen LogP contribution in [0.1, 0.15) is 41.6 Å². The molecule has 114 valence electrons. The summed E-state index contributed by atoms with van der Waals surface area (Å²) in [4.78, 5) is 25.3. The molecule has 0 spiro atoms. The van der Waals surface area contributed by atoms with E-state index in [4.69, 9.17) is 5.73 Å². The number of nitro groups is 1. The Labute approximate surface area is 124 Å². The predicted molar refractivity (Wildman–Crippen MR) is 80.2 cm³/mol. The molecule has 1 aliphatic rings. The van der Waals surface area contributed by atoms with Gasteiger partial charge in [0.1, 0.15) is 5.56 Å². The molecule has 1 amide bonds. The van der Waals surface area contributed by atoms with E-state index in [0.29, 0.717) is 18.7 Å². The van der Waals surface area contributed by atoms with Gasteiger partial charge in [0.15, 0.2) is 0 Å². The zero-order chi connectivity index (χ0) is 15.4. The van der Waals surface area contributed by atoms with E-state index >= 15 is 0 Å². The second-order valence-corrected chi connectivity index (χ2v) is 5.45. The number of carbonyl (C=O) groups is 1. The number of rotatable bonds is 4. The second-order valence-electron chi connectivity index (χ2n) is 5.45. The van der Waals surface area contributed by atoms with Crippen LogP contribution in [0.5, 0.6) is 0 Å². The molecule has 2 N–H and O–H groups in total. The van der Waals surface area contributed by atoms with Crippen LogP contribution in [0.25, 0.3) is 0 Å². The molecule has 21 heavy (non-hydrogen) atoms. The third-order valence-electron chi connectivity index (χ3n) is 4.04. The van der Waals surface area contributed by atoms with Gasteiger partial charge < -0.3 is 10.6 Å². The highest BCUT2D eigenvalue weighted by atomic mass is 16.6. The molecule has 6 nitrogen and oxygen atoms in total. The molecule has 1 aliphatic heterocycles. The maximum atomic E-state index is 12.7. The topological polar surface area (TPSA) is 89.5 Å². The number of nitrogens with two attached hydrogens (primary N) is 1. The lowest BCUT2D eigenvalue weighted by molar-refractivity contribution is -0.385. The highest BCUT2D eigenvalue weighted by Gasteiger charge is 2.31. The summed E-state index contributed by atoms with van der Waals surface area (Å²) in [5.74, 6) is -0.247. The number of para-hydroxylation sites is 1. The molecule has 1 fully saturated rings. The van der Waals surface area contributed by atoms with E-state index in [1.165, 1.54) is 0 Å². The average Bonchev–Trinajstić information content (AvgIpc) is 2.47. The molecule has 0 radical (unpaired) electrons. The van der Waals surface area contributed by atoms with Gasteiger partial charge in [-0.1, -0.05) is 12.1 Å². The molecule has 1 aromatic rings. The first kappa shape index (κ1) is 15.4. The van der Waals surface area contributed by atoms with Crippen molar-refractivity contribution in [3.63, 3.8) is 0 Å². The van der Waals surface area contributed by atoms with Crippen molar-refractivity contribution in [1.29, 1.82) is 0 Å². The summed E-state index contributed by atoms with van der Waals surface area (Å²) in [7, 11) is 0. The molecule has 0 saturated carbocycles. The van der Waals surface area contributed by atoms with Gasteiger partial charge >= 0.3 is 0 Å². The molecule has 1 unspecified atom stereocenters. The summed E-state index contributed by atoms with van der Waals surface area (Å²) in [6.45, 7) is 2.82. The monoisotopic (exact) mass is 291 g/mol. The number of piperidine rings is 1. The first-order chi connectivity index (χ1) is 10.1. The number of nitrogens with zero attached hydrogens (tertiary/aromatic N) is 2. The number of benzene rings is 1. The lowest BCUT2D eigenvalue weighted by Crippen LogP contribution is -2.44. The fraction of sp³-hybridized carbons (Fsp3) is 0.533. The molecule has 1 heterocycles. The maximum Gasteiger partial charge on any atom is 0.285 e. The van der Waals surface area contributed by atoms with Gasteiger partial charge in [0.05, 0.1) is 4.92 Å². The SMILES string of the molecule is Cc1cccc(C(=O)N2CCCCC2CCN)c1[N+](=O)[O-]. The van der Waals surface area contributed by atoms with Gasteiger partial charge in [0.25, 0.3) is 11.6 Å². The zero-order valence-electron chi connectivity index (χ0n) is 12.2. The van der Waals surface area contributed by atoms with E-state index in [2.05, 4.69) is 0 Å². The Balaban J connectivity index is 2.34. The van der Waals surface area contributed by atoms with E-state index in [-0.39, 0.29) is 23.2 Å². The Hall–Kier alpha value is -1.95. The molecular formula is C15H21N3O3. The van der Waals surface area contributed by atoms with Crippen LogP contribution < -0.4 is 5.73 Å². The Kier molecular flexibility index (Phi) is 4.90. The van der Waals surface area contributed by atoms with Crippen molar-refractivity contribution in [3.05, 3.63) is 39.4 Å². The van der Waals surface area contributed by atoms with Crippen LogP contribution >= 0.6 is 0 Å². The van der Waals surface area contributed by atoms with E-state index < -0.39 is 4.92 Å². The van der Waals surface area contributed by atoms with Gasteiger partial charge in [0.2, 0.25) is 0 Å². The van der Waals surface area contributed by atoms with Crippen molar-refractivity contribution in [3.8, 4) is 0 Å². The zero-order valence-corrected chi connectivity index (χ0v) is 12.2. The van der Waals surface area contributed by atoms with Crippen LogP contribution in [0.3, 0.4) is 0 Å². The predicted octanol–water partition coefficient (Wildman–Crippen LogP) is 2.25. The average molecular weight is 291 g/mol. The van der Waals surface area contributed by atoms with Crippen LogP contribution in [0.4, 0.5) is 5.69 Å². The Morgan fingerprint density at radius 1 is 1.48 bits per heavy atom. The van der Waals surface area contributed by atoms with Gasteiger partial charge in [-0.2, -0.15) is 0 Å². The highest BCUT2D eigenvalue weighted by Crippen LogP contribution is 2.28. The Morgan fingerprint density at radius 3 is 2.90 bits per heavy atom. The molecule has 6 heteroatoms. The number of likely N-dealkylation sites (tertiary alicyclic amines) is 1. The summed E-state index contributed by atoms with van der Waals surface area (Å²) in [6, 6.07) is 4.98. The Morgan fingerprint density at radius 2 is 2.24 bits per heavy atom. The highest BCUT2D eigenvalue weighted by molar-refractivity contribution is 5.98. The van der Waals surface area contributed by atoms with Crippen LogP contribution in [0.15, 0.2) is 18.2 Å². The van der Waals surface area contributed by atoms with Crippen molar-refractivity contribution in [2.75, 3.05) is 13.1 Å². The molecule has 0 aliphatic carbocycles. The number of hydrogen-bond acceptors (Lipinski definition) is 4. The Bertz CT molecular complexity index is 543. The number of nitro benzene ring substituents is 1. The summed E-state index contributed by atoms with van der Waals surface area (Å²) >= 11 is 0. The summed E-state index contributed by atoms with van der Waals surface area (Å²) < 4.78 is 0. The second kappa shape index (κ2) is 6.67. The minimum Gasteiger partial charge on any atom is -0.335 e. The minimum atomic E-state index is -0.468. The lowest BCUT2D eigenvalue weighted by Gasteiger charge is -2.35. The molecule has 0 bridgehead atoms. The number of hydrogen-bond donors (Lipinski definition) is 1. The maximum absolute atomic E-state index is 12.7. The van der Waals surface area contributed by atoms with Crippen LogP contribution in [-0.4, -0.2) is 34.9 Å². The van der Waals surface area contributed by atoms with Crippen LogP contribution in [-0.2, 0) is 0 Å². The lowest BCUT2D eigenvalue weighted by atomic mass is 9.97. The smallest absolute Gasteiger partial charge is 0.285 e. The first-order valence-electron chi connectivity index (χ1n) is 7.31. The molecule has 1 atom stereocenters. The van der Waals surface area contributed by atoms with Crippen molar-refractivity contribution in [2.24, 2.45) is 5.73 Å². The largest absolute Gasteiger partial charge is 0.335 e. The third kappa shape index (κ3) is 3.21. The van der Waals surface area contributed by atoms with Gasteiger partial charge in [-0.25, -0.2) is 0 Å². The van der Waals surface area contributed by atoms with Crippen molar-refractivity contribution in [2.45, 2.75) is 38.6 Å². The van der Waals surface area contributed by atoms with E-state index in [1.807, 2.05) is 0 Å². The van der Waals surface area contributed by atoms with Gasteiger partial charge in [-0.15, -0.1) is 0 Å². The standard InChI is InChI=1S/C15H21N3O3/c1-11-5-4-7-13(14(11)18(20)21)15(19)17-10-3-2-6-12(17)8-9-16/h4-5,7,12H,2-3,6,8-10,16H2,1H3. The summed E-state index contributed by atoms with van der Waals surface area (Å²) in [5, 5.41) is 11.3.